The van der Waals surface area contributed by atoms with Crippen LogP contribution in [0.15, 0.2) is 36.8 Å². The molecule has 1 saturated heterocycles. The van der Waals surface area contributed by atoms with Gasteiger partial charge in [-0.15, -0.1) is 0 Å². The van der Waals surface area contributed by atoms with Crippen LogP contribution in [0.1, 0.15) is 17.6 Å². The van der Waals surface area contributed by atoms with Crippen molar-refractivity contribution >= 4 is 16.7 Å². The first kappa shape index (κ1) is 20.6. The lowest BCUT2D eigenvalue weighted by molar-refractivity contribution is 0.0422. The number of ether oxygens (including phenoxy) is 2. The summed E-state index contributed by atoms with van der Waals surface area (Å²) in [5.41, 5.74) is 3.72. The Balaban J connectivity index is 1.60. The third-order valence-corrected chi connectivity index (χ3v) is 5.65. The van der Waals surface area contributed by atoms with Gasteiger partial charge in [0.1, 0.15) is 11.9 Å². The van der Waals surface area contributed by atoms with Crippen molar-refractivity contribution in [3.05, 3.63) is 48.3 Å². The molecule has 0 amide bonds. The second-order valence-corrected chi connectivity index (χ2v) is 7.66. The van der Waals surface area contributed by atoms with Crippen molar-refractivity contribution in [1.82, 2.24) is 29.7 Å². The third kappa shape index (κ3) is 3.72. The van der Waals surface area contributed by atoms with Crippen molar-refractivity contribution in [1.29, 1.82) is 0 Å². The van der Waals surface area contributed by atoms with Crippen LogP contribution < -0.4 is 4.90 Å². The monoisotopic (exact) mass is 435 g/mol. The number of hydrogen-bond acceptors (Lipinski definition) is 8. The van der Waals surface area contributed by atoms with E-state index in [0.29, 0.717) is 24.9 Å². The van der Waals surface area contributed by atoms with Gasteiger partial charge < -0.3 is 24.5 Å². The quantitative estimate of drug-likeness (QED) is 0.473. The normalized spacial score (nSPS) is 15.4. The number of hydrogen-bond donors (Lipinski definition) is 2. The van der Waals surface area contributed by atoms with E-state index in [4.69, 9.17) is 14.6 Å². The highest BCUT2D eigenvalue weighted by atomic mass is 16.5. The molecule has 5 rings (SSSR count). The zero-order valence-electron chi connectivity index (χ0n) is 18.0. The molecule has 0 unspecified atom stereocenters. The Morgan fingerprint density at radius 2 is 2.03 bits per heavy atom. The first-order valence-corrected chi connectivity index (χ1v) is 10.5. The third-order valence-electron chi connectivity index (χ3n) is 5.65. The van der Waals surface area contributed by atoms with Crippen molar-refractivity contribution in [2.45, 2.75) is 13.0 Å². The number of morpholine rings is 1. The van der Waals surface area contributed by atoms with Gasteiger partial charge in [-0.05, 0) is 19.1 Å². The van der Waals surface area contributed by atoms with Gasteiger partial charge in [-0.1, -0.05) is 0 Å². The van der Waals surface area contributed by atoms with Crippen LogP contribution in [0, 0.1) is 6.92 Å². The molecule has 32 heavy (non-hydrogen) atoms. The molecule has 0 bridgehead atoms. The number of H-pyrrole nitrogens is 1. The summed E-state index contributed by atoms with van der Waals surface area (Å²) in [5.74, 6) is 1.80. The maximum absolute atomic E-state index is 9.76. The first-order chi connectivity index (χ1) is 15.7. The molecular weight excluding hydrogens is 410 g/mol. The summed E-state index contributed by atoms with van der Waals surface area (Å²) in [6, 6.07) is 5.92. The molecule has 5 heterocycles. The number of rotatable bonds is 6. The molecule has 0 aromatic carbocycles. The molecule has 1 aliphatic rings. The fourth-order valence-corrected chi connectivity index (χ4v) is 3.93. The van der Waals surface area contributed by atoms with Gasteiger partial charge in [-0.2, -0.15) is 5.10 Å². The average molecular weight is 435 g/mol. The Morgan fingerprint density at radius 1 is 1.22 bits per heavy atom. The second kappa shape index (κ2) is 8.65. The van der Waals surface area contributed by atoms with E-state index in [1.807, 2.05) is 31.3 Å². The minimum atomic E-state index is -0.619. The minimum absolute atomic E-state index is 0.213. The number of anilines is 1. The summed E-state index contributed by atoms with van der Waals surface area (Å²) in [6.07, 6.45) is 4.89. The van der Waals surface area contributed by atoms with Gasteiger partial charge in [0, 0.05) is 55.3 Å². The van der Waals surface area contributed by atoms with Crippen LogP contribution in [-0.4, -0.2) is 74.8 Å². The van der Waals surface area contributed by atoms with Crippen molar-refractivity contribution in [3.8, 4) is 17.1 Å². The second-order valence-electron chi connectivity index (χ2n) is 7.66. The number of nitrogens with one attached hydrogen (secondary N) is 1. The van der Waals surface area contributed by atoms with Crippen molar-refractivity contribution in [3.63, 3.8) is 0 Å². The van der Waals surface area contributed by atoms with Crippen molar-refractivity contribution in [2.75, 3.05) is 44.9 Å². The standard InChI is InChI=1S/C22H25N7O3/c1-14-9-17(16-11-24-18-12-23-4-3-15(16)18)27-29(14)21-10-20(28-5-7-32-8-6-28)25-22(26-21)19(13-30)31-2/h3-4,9-12,19,24,30H,5-8,13H2,1-2H3/t19-/m0/s1. The summed E-state index contributed by atoms with van der Waals surface area (Å²) >= 11 is 0. The van der Waals surface area contributed by atoms with Gasteiger partial charge in [0.05, 0.1) is 37.2 Å². The molecule has 4 aromatic rings. The van der Waals surface area contributed by atoms with Crippen LogP contribution in [0.4, 0.5) is 5.82 Å². The molecular formula is C22H25N7O3. The molecule has 0 saturated carbocycles. The number of methoxy groups -OCH3 is 1. The Kier molecular flexibility index (Phi) is 5.56. The van der Waals surface area contributed by atoms with Crippen LogP contribution in [0.5, 0.6) is 0 Å². The van der Waals surface area contributed by atoms with E-state index in [1.54, 1.807) is 17.1 Å². The highest BCUT2D eigenvalue weighted by Gasteiger charge is 2.21. The number of aromatic amines is 1. The molecule has 10 nitrogen and oxygen atoms in total. The number of aliphatic hydroxyl groups excluding tert-OH is 1. The average Bonchev–Trinajstić information content (AvgIpc) is 3.44. The lowest BCUT2D eigenvalue weighted by Gasteiger charge is -2.28. The molecule has 0 radical (unpaired) electrons. The molecule has 1 fully saturated rings. The first-order valence-electron chi connectivity index (χ1n) is 10.5. The van der Waals surface area contributed by atoms with Crippen LogP contribution in [0.25, 0.3) is 28.0 Å². The van der Waals surface area contributed by atoms with Crippen molar-refractivity contribution < 1.29 is 14.6 Å². The van der Waals surface area contributed by atoms with E-state index >= 15 is 0 Å². The van der Waals surface area contributed by atoms with Gasteiger partial charge in [0.15, 0.2) is 11.6 Å². The Hall–Kier alpha value is -3.34. The van der Waals surface area contributed by atoms with E-state index in [-0.39, 0.29) is 6.61 Å². The Labute approximate surface area is 184 Å². The van der Waals surface area contributed by atoms with E-state index in [9.17, 15) is 5.11 Å². The fourth-order valence-electron chi connectivity index (χ4n) is 3.93. The lowest BCUT2D eigenvalue weighted by Crippen LogP contribution is -2.37. The summed E-state index contributed by atoms with van der Waals surface area (Å²) in [7, 11) is 1.54. The van der Waals surface area contributed by atoms with E-state index < -0.39 is 6.10 Å². The van der Waals surface area contributed by atoms with Crippen LogP contribution >= 0.6 is 0 Å². The highest BCUT2D eigenvalue weighted by molar-refractivity contribution is 5.94. The maximum Gasteiger partial charge on any atom is 0.164 e. The molecule has 4 aromatic heterocycles. The summed E-state index contributed by atoms with van der Waals surface area (Å²) in [5, 5.41) is 15.7. The molecule has 2 N–H and O–H groups in total. The summed E-state index contributed by atoms with van der Waals surface area (Å²) in [6.45, 7) is 4.53. The van der Waals surface area contributed by atoms with Gasteiger partial charge >= 0.3 is 0 Å². The van der Waals surface area contributed by atoms with E-state index in [2.05, 4.69) is 24.8 Å². The Bertz CT molecular complexity index is 1230. The molecule has 1 aliphatic heterocycles. The van der Waals surface area contributed by atoms with Crippen LogP contribution in [0.2, 0.25) is 0 Å². The number of pyridine rings is 1. The number of aryl methyl sites for hydroxylation is 1. The minimum Gasteiger partial charge on any atom is -0.393 e. The predicted molar refractivity (Wildman–Crippen MR) is 119 cm³/mol. The largest absolute Gasteiger partial charge is 0.393 e. The van der Waals surface area contributed by atoms with Crippen LogP contribution in [-0.2, 0) is 9.47 Å². The van der Waals surface area contributed by atoms with E-state index in [0.717, 1.165) is 46.8 Å². The van der Waals surface area contributed by atoms with Gasteiger partial charge in [-0.25, -0.2) is 14.6 Å². The van der Waals surface area contributed by atoms with E-state index in [1.165, 1.54) is 7.11 Å². The number of aromatic nitrogens is 6. The highest BCUT2D eigenvalue weighted by Crippen LogP contribution is 2.29. The number of aliphatic hydroxyl groups is 1. The predicted octanol–water partition coefficient (Wildman–Crippen LogP) is 2.03. The molecule has 0 aliphatic carbocycles. The molecule has 166 valence electrons. The SMILES string of the molecule is CO[C@@H](CO)c1nc(N2CCOCC2)cc(-n2nc(-c3c[nH]c4cnccc34)cc2C)n1. The van der Waals surface area contributed by atoms with Crippen LogP contribution in [0.3, 0.4) is 0 Å². The maximum atomic E-state index is 9.76. The summed E-state index contributed by atoms with van der Waals surface area (Å²) in [4.78, 5) is 18.9. The number of nitrogens with zero attached hydrogens (tertiary/aromatic N) is 6. The van der Waals surface area contributed by atoms with Gasteiger partial charge in [0.2, 0.25) is 0 Å². The molecule has 10 heteroatoms. The summed E-state index contributed by atoms with van der Waals surface area (Å²) < 4.78 is 12.7. The van der Waals surface area contributed by atoms with Crippen molar-refractivity contribution in [2.24, 2.45) is 0 Å². The number of fused-ring (bicyclic) bond motifs is 1. The zero-order chi connectivity index (χ0) is 22.1. The van der Waals surface area contributed by atoms with Gasteiger partial charge in [0.25, 0.3) is 0 Å². The zero-order valence-corrected chi connectivity index (χ0v) is 18.0. The smallest absolute Gasteiger partial charge is 0.164 e. The molecule has 1 atom stereocenters. The Morgan fingerprint density at radius 3 is 2.81 bits per heavy atom. The topological polar surface area (TPSA) is 114 Å². The fraction of sp³-hybridized carbons (Fsp3) is 0.364. The lowest BCUT2D eigenvalue weighted by atomic mass is 10.1. The van der Waals surface area contributed by atoms with Gasteiger partial charge in [-0.3, -0.25) is 4.98 Å². The molecule has 0 spiro atoms.